The predicted molar refractivity (Wildman–Crippen MR) is 53.6 cm³/mol. The van der Waals surface area contributed by atoms with Crippen molar-refractivity contribution in [3.05, 3.63) is 0 Å². The number of carbonyl (C=O) groups is 1. The Balaban J connectivity index is 2.48. The van der Waals surface area contributed by atoms with E-state index in [1.165, 1.54) is 19.3 Å². The van der Waals surface area contributed by atoms with E-state index >= 15 is 0 Å². The van der Waals surface area contributed by atoms with Crippen molar-refractivity contribution in [1.29, 1.82) is 0 Å². The normalized spacial score (nSPS) is 33.9. The highest BCUT2D eigenvalue weighted by atomic mass is 16.2. The monoisotopic (exact) mass is 184 g/mol. The molecule has 0 bridgehead atoms. The fourth-order valence-electron chi connectivity index (χ4n) is 2.19. The topological polar surface area (TPSA) is 41.1 Å². The van der Waals surface area contributed by atoms with Crippen LogP contribution in [0.15, 0.2) is 0 Å². The van der Waals surface area contributed by atoms with Gasteiger partial charge in [0, 0.05) is 13.1 Å². The van der Waals surface area contributed by atoms with E-state index in [9.17, 15) is 4.79 Å². The molecule has 2 amide bonds. The summed E-state index contributed by atoms with van der Waals surface area (Å²) >= 11 is 0. The second-order valence-electron chi connectivity index (χ2n) is 4.13. The Bertz CT molecular complexity index is 172. The van der Waals surface area contributed by atoms with Gasteiger partial charge in [-0.2, -0.15) is 0 Å². The lowest BCUT2D eigenvalue weighted by Crippen LogP contribution is -2.48. The van der Waals surface area contributed by atoms with Gasteiger partial charge in [0.15, 0.2) is 0 Å². The van der Waals surface area contributed by atoms with E-state index < -0.39 is 0 Å². The van der Waals surface area contributed by atoms with Crippen molar-refractivity contribution in [3.63, 3.8) is 0 Å². The first-order valence-electron chi connectivity index (χ1n) is 5.13. The summed E-state index contributed by atoms with van der Waals surface area (Å²) in [5, 5.41) is 5.62. The molecule has 1 aliphatic carbocycles. The minimum absolute atomic E-state index is 0.0504. The molecule has 2 unspecified atom stereocenters. The van der Waals surface area contributed by atoms with Crippen LogP contribution in [0.3, 0.4) is 0 Å². The average molecular weight is 184 g/mol. The van der Waals surface area contributed by atoms with Crippen LogP contribution in [0.5, 0.6) is 0 Å². The van der Waals surface area contributed by atoms with Gasteiger partial charge in [0.25, 0.3) is 0 Å². The van der Waals surface area contributed by atoms with Crippen molar-refractivity contribution in [2.75, 3.05) is 7.05 Å². The summed E-state index contributed by atoms with van der Waals surface area (Å²) < 4.78 is 0. The summed E-state index contributed by atoms with van der Waals surface area (Å²) in [5.74, 6) is 1.22. The summed E-state index contributed by atoms with van der Waals surface area (Å²) in [6, 6.07) is 0.305. The van der Waals surface area contributed by atoms with Crippen LogP contribution in [0, 0.1) is 11.8 Å². The molecule has 0 radical (unpaired) electrons. The zero-order valence-electron chi connectivity index (χ0n) is 8.76. The van der Waals surface area contributed by atoms with E-state index in [1.807, 2.05) is 0 Å². The van der Waals surface area contributed by atoms with Crippen LogP contribution in [-0.2, 0) is 0 Å². The molecule has 1 fully saturated rings. The van der Waals surface area contributed by atoms with Crippen molar-refractivity contribution in [2.24, 2.45) is 11.8 Å². The first-order chi connectivity index (χ1) is 6.15. The molecule has 3 heteroatoms. The van der Waals surface area contributed by atoms with Crippen molar-refractivity contribution in [1.82, 2.24) is 10.6 Å². The molecule has 0 saturated heterocycles. The summed E-state index contributed by atoms with van der Waals surface area (Å²) in [6.07, 6.45) is 3.77. The van der Waals surface area contributed by atoms with Gasteiger partial charge in [-0.25, -0.2) is 4.79 Å². The van der Waals surface area contributed by atoms with Crippen LogP contribution < -0.4 is 10.6 Å². The molecule has 1 rings (SSSR count). The van der Waals surface area contributed by atoms with E-state index in [-0.39, 0.29) is 6.03 Å². The molecule has 76 valence electrons. The molecule has 0 aliphatic heterocycles. The number of hydrogen-bond donors (Lipinski definition) is 2. The van der Waals surface area contributed by atoms with Crippen molar-refractivity contribution >= 4 is 6.03 Å². The highest BCUT2D eigenvalue weighted by Crippen LogP contribution is 2.28. The predicted octanol–water partition coefficient (Wildman–Crippen LogP) is 1.74. The number of hydrogen-bond acceptors (Lipinski definition) is 1. The van der Waals surface area contributed by atoms with Crippen LogP contribution in [0.4, 0.5) is 4.79 Å². The van der Waals surface area contributed by atoms with Gasteiger partial charge >= 0.3 is 6.03 Å². The van der Waals surface area contributed by atoms with E-state index in [2.05, 4.69) is 24.5 Å². The molecule has 2 atom stereocenters. The Morgan fingerprint density at radius 3 is 2.23 bits per heavy atom. The second-order valence-corrected chi connectivity index (χ2v) is 4.13. The largest absolute Gasteiger partial charge is 0.341 e. The average Bonchev–Trinajstić information content (AvgIpc) is 2.11. The maximum absolute atomic E-state index is 11.1. The molecule has 0 spiro atoms. The lowest BCUT2D eigenvalue weighted by atomic mass is 9.79. The first-order valence-corrected chi connectivity index (χ1v) is 5.13. The third-order valence-electron chi connectivity index (χ3n) is 3.07. The zero-order valence-corrected chi connectivity index (χ0v) is 8.76. The SMILES string of the molecule is CNC(=O)NC1C(C)CCCC1C. The molecule has 3 nitrogen and oxygen atoms in total. The molecular weight excluding hydrogens is 164 g/mol. The van der Waals surface area contributed by atoms with Crippen LogP contribution in [0.25, 0.3) is 0 Å². The van der Waals surface area contributed by atoms with E-state index in [0.29, 0.717) is 17.9 Å². The molecule has 1 aliphatic rings. The zero-order chi connectivity index (χ0) is 9.84. The van der Waals surface area contributed by atoms with Gasteiger partial charge in [0.05, 0.1) is 0 Å². The first kappa shape index (κ1) is 10.4. The highest BCUT2D eigenvalue weighted by Gasteiger charge is 2.28. The van der Waals surface area contributed by atoms with Gasteiger partial charge in [0.1, 0.15) is 0 Å². The number of amides is 2. The maximum atomic E-state index is 11.1. The molecule has 0 aromatic heterocycles. The van der Waals surface area contributed by atoms with Crippen LogP contribution >= 0.6 is 0 Å². The van der Waals surface area contributed by atoms with Gasteiger partial charge < -0.3 is 10.6 Å². The van der Waals surface area contributed by atoms with Gasteiger partial charge in [-0.05, 0) is 24.7 Å². The van der Waals surface area contributed by atoms with Crippen LogP contribution in [-0.4, -0.2) is 19.1 Å². The standard InChI is InChI=1S/C10H20N2O/c1-7-5-4-6-8(2)9(7)12-10(13)11-3/h7-9H,4-6H2,1-3H3,(H2,11,12,13). The second kappa shape index (κ2) is 4.49. The number of urea groups is 1. The van der Waals surface area contributed by atoms with Crippen molar-refractivity contribution in [2.45, 2.75) is 39.2 Å². The van der Waals surface area contributed by atoms with E-state index in [4.69, 9.17) is 0 Å². The molecular formula is C10H20N2O. The van der Waals surface area contributed by atoms with E-state index in [1.54, 1.807) is 7.05 Å². The molecule has 0 aromatic rings. The third kappa shape index (κ3) is 2.61. The Kier molecular flexibility index (Phi) is 3.58. The summed E-state index contributed by atoms with van der Waals surface area (Å²) in [5.41, 5.74) is 0. The lowest BCUT2D eigenvalue weighted by Gasteiger charge is -2.34. The molecule has 13 heavy (non-hydrogen) atoms. The van der Waals surface area contributed by atoms with Crippen LogP contribution in [0.1, 0.15) is 33.1 Å². The minimum Gasteiger partial charge on any atom is -0.341 e. The third-order valence-corrected chi connectivity index (χ3v) is 3.07. The molecule has 2 N–H and O–H groups in total. The van der Waals surface area contributed by atoms with E-state index in [0.717, 1.165) is 0 Å². The van der Waals surface area contributed by atoms with Crippen molar-refractivity contribution in [3.8, 4) is 0 Å². The smallest absolute Gasteiger partial charge is 0.314 e. The Labute approximate surface area is 80.3 Å². The maximum Gasteiger partial charge on any atom is 0.314 e. The number of carbonyl (C=O) groups excluding carboxylic acids is 1. The van der Waals surface area contributed by atoms with Gasteiger partial charge in [-0.15, -0.1) is 0 Å². The lowest BCUT2D eigenvalue weighted by molar-refractivity contribution is 0.196. The fourth-order valence-corrected chi connectivity index (χ4v) is 2.19. The summed E-state index contributed by atoms with van der Waals surface area (Å²) in [4.78, 5) is 11.1. The van der Waals surface area contributed by atoms with Gasteiger partial charge in [-0.1, -0.05) is 20.3 Å². The van der Waals surface area contributed by atoms with Crippen LogP contribution in [0.2, 0.25) is 0 Å². The Morgan fingerprint density at radius 2 is 1.77 bits per heavy atom. The van der Waals surface area contributed by atoms with Gasteiger partial charge in [-0.3, -0.25) is 0 Å². The minimum atomic E-state index is -0.0504. The molecule has 0 heterocycles. The molecule has 0 aromatic carbocycles. The Hall–Kier alpha value is -0.730. The fraction of sp³-hybridized carbons (Fsp3) is 0.900. The highest BCUT2D eigenvalue weighted by molar-refractivity contribution is 5.73. The number of nitrogens with one attached hydrogen (secondary N) is 2. The summed E-state index contributed by atoms with van der Waals surface area (Å²) in [6.45, 7) is 4.44. The summed E-state index contributed by atoms with van der Waals surface area (Å²) in [7, 11) is 1.66. The van der Waals surface area contributed by atoms with Crippen molar-refractivity contribution < 1.29 is 4.79 Å². The number of rotatable bonds is 1. The molecule has 1 saturated carbocycles. The Morgan fingerprint density at radius 1 is 1.23 bits per heavy atom. The van der Waals surface area contributed by atoms with Gasteiger partial charge in [0.2, 0.25) is 0 Å². The quantitative estimate of drug-likeness (QED) is 0.640.